The molecule has 7 nitrogen and oxygen atoms in total. The maximum absolute atomic E-state index is 12.7. The second kappa shape index (κ2) is 8.00. The number of anilines is 1. The van der Waals surface area contributed by atoms with Gasteiger partial charge in [0.2, 0.25) is 0 Å². The summed E-state index contributed by atoms with van der Waals surface area (Å²) >= 11 is 0. The zero-order chi connectivity index (χ0) is 20.3. The third-order valence-electron chi connectivity index (χ3n) is 4.41. The summed E-state index contributed by atoms with van der Waals surface area (Å²) in [5.74, 6) is 0.247. The van der Waals surface area contributed by atoms with Crippen LogP contribution in [-0.4, -0.2) is 27.5 Å². The summed E-state index contributed by atoms with van der Waals surface area (Å²) in [7, 11) is -3.60. The van der Waals surface area contributed by atoms with Crippen LogP contribution in [0.2, 0.25) is 0 Å². The average Bonchev–Trinajstić information content (AvgIpc) is 3.04. The summed E-state index contributed by atoms with van der Waals surface area (Å²) in [4.78, 5) is 12.9. The highest BCUT2D eigenvalue weighted by Gasteiger charge is 2.23. The first-order chi connectivity index (χ1) is 14.0. The van der Waals surface area contributed by atoms with Crippen molar-refractivity contribution in [1.82, 2.24) is 0 Å². The van der Waals surface area contributed by atoms with E-state index in [-0.39, 0.29) is 16.4 Å². The lowest BCUT2D eigenvalue weighted by molar-refractivity contribution is 0.0995. The van der Waals surface area contributed by atoms with Crippen molar-refractivity contribution in [2.75, 3.05) is 18.5 Å². The van der Waals surface area contributed by atoms with Crippen LogP contribution < -0.4 is 14.8 Å². The Balaban J connectivity index is 1.52. The van der Waals surface area contributed by atoms with Gasteiger partial charge in [0.05, 0.1) is 30.1 Å². The number of ether oxygens (including phenoxy) is 2. The summed E-state index contributed by atoms with van der Waals surface area (Å²) in [5.41, 5.74) is 0.785. The molecule has 0 saturated carbocycles. The molecule has 0 fully saturated rings. The first kappa shape index (κ1) is 19.1. The minimum absolute atomic E-state index is 0.0448. The highest BCUT2D eigenvalue weighted by molar-refractivity contribution is 7.90. The molecule has 1 aliphatic heterocycles. The number of fused-ring (bicyclic) bond motifs is 1. The molecule has 29 heavy (non-hydrogen) atoms. The van der Waals surface area contributed by atoms with Crippen molar-refractivity contribution in [2.45, 2.75) is 17.1 Å². The lowest BCUT2D eigenvalue weighted by Crippen LogP contribution is -2.15. The topological polar surface area (TPSA) is 94.8 Å². The lowest BCUT2D eigenvalue weighted by Gasteiger charge is -2.10. The van der Waals surface area contributed by atoms with E-state index in [1.54, 1.807) is 36.4 Å². The van der Waals surface area contributed by atoms with Crippen molar-refractivity contribution in [3.63, 3.8) is 0 Å². The number of carbonyl (C=O) groups excluding carboxylic acids is 1. The van der Waals surface area contributed by atoms with Gasteiger partial charge >= 0.3 is 0 Å². The van der Waals surface area contributed by atoms with Gasteiger partial charge in [-0.15, -0.1) is 0 Å². The molecule has 1 N–H and O–H groups in total. The number of nitrogens with one attached hydrogen (secondary N) is 1. The molecule has 0 unspecified atom stereocenters. The highest BCUT2D eigenvalue weighted by atomic mass is 32.2. The Bertz CT molecular complexity index is 1120. The summed E-state index contributed by atoms with van der Waals surface area (Å²) in [6, 6.07) is 14.7. The molecule has 0 spiro atoms. The van der Waals surface area contributed by atoms with E-state index in [1.165, 1.54) is 24.5 Å². The summed E-state index contributed by atoms with van der Waals surface area (Å²) in [5, 5.41) is 2.72. The minimum atomic E-state index is -3.60. The zero-order valence-electron chi connectivity index (χ0n) is 15.5. The van der Waals surface area contributed by atoms with Crippen LogP contribution in [0.3, 0.4) is 0 Å². The van der Waals surface area contributed by atoms with Gasteiger partial charge in [-0.3, -0.25) is 4.79 Å². The van der Waals surface area contributed by atoms with Crippen LogP contribution in [0.4, 0.5) is 5.69 Å². The molecule has 2 heterocycles. The van der Waals surface area contributed by atoms with Gasteiger partial charge < -0.3 is 19.2 Å². The largest absolute Gasteiger partial charge is 0.490 e. The fourth-order valence-electron chi connectivity index (χ4n) is 2.99. The van der Waals surface area contributed by atoms with E-state index in [0.29, 0.717) is 36.0 Å². The number of furan rings is 1. The van der Waals surface area contributed by atoms with Crippen molar-refractivity contribution in [1.29, 1.82) is 0 Å². The third-order valence-corrected chi connectivity index (χ3v) is 6.09. The van der Waals surface area contributed by atoms with Gasteiger partial charge in [0.15, 0.2) is 27.1 Å². The summed E-state index contributed by atoms with van der Waals surface area (Å²) < 4.78 is 41.7. The van der Waals surface area contributed by atoms with Gasteiger partial charge in [-0.2, -0.15) is 0 Å². The molecule has 2 aromatic carbocycles. The van der Waals surface area contributed by atoms with Crippen LogP contribution in [0.15, 0.2) is 70.2 Å². The molecule has 0 saturated heterocycles. The van der Waals surface area contributed by atoms with Gasteiger partial charge in [0.1, 0.15) is 0 Å². The zero-order valence-corrected chi connectivity index (χ0v) is 16.3. The Kier molecular flexibility index (Phi) is 5.26. The van der Waals surface area contributed by atoms with Crippen LogP contribution in [0.25, 0.3) is 0 Å². The quantitative estimate of drug-likeness (QED) is 0.686. The maximum Gasteiger partial charge on any atom is 0.291 e. The first-order valence-corrected chi connectivity index (χ1v) is 10.7. The van der Waals surface area contributed by atoms with Crippen LogP contribution >= 0.6 is 0 Å². The number of amides is 1. The number of sulfone groups is 1. The normalized spacial score (nSPS) is 13.5. The van der Waals surface area contributed by atoms with E-state index in [4.69, 9.17) is 13.9 Å². The SMILES string of the molecule is O=C(Nc1ccc2c(c1)OCCCO2)c1occc1CS(=O)(=O)c1ccccc1. The Morgan fingerprint density at radius 1 is 0.966 bits per heavy atom. The number of rotatable bonds is 5. The number of benzene rings is 2. The predicted molar refractivity (Wildman–Crippen MR) is 106 cm³/mol. The van der Waals surface area contributed by atoms with E-state index >= 15 is 0 Å². The monoisotopic (exact) mass is 413 g/mol. The predicted octanol–water partition coefficient (Wildman–Crippen LogP) is 3.67. The second-order valence-corrected chi connectivity index (χ2v) is 8.50. The molecule has 0 radical (unpaired) electrons. The van der Waals surface area contributed by atoms with Gasteiger partial charge in [0.25, 0.3) is 5.91 Å². The van der Waals surface area contributed by atoms with Crippen molar-refractivity contribution < 1.29 is 27.1 Å². The molecular weight excluding hydrogens is 394 g/mol. The Morgan fingerprint density at radius 3 is 2.52 bits per heavy atom. The molecule has 0 atom stereocenters. The van der Waals surface area contributed by atoms with E-state index in [9.17, 15) is 13.2 Å². The fourth-order valence-corrected chi connectivity index (χ4v) is 4.37. The van der Waals surface area contributed by atoms with Crippen molar-refractivity contribution in [3.8, 4) is 11.5 Å². The van der Waals surface area contributed by atoms with Crippen LogP contribution in [-0.2, 0) is 15.6 Å². The molecule has 3 aromatic rings. The molecular formula is C21H19NO6S. The van der Waals surface area contributed by atoms with Gasteiger partial charge in [-0.1, -0.05) is 18.2 Å². The maximum atomic E-state index is 12.7. The molecule has 8 heteroatoms. The Hall–Kier alpha value is -3.26. The van der Waals surface area contributed by atoms with Crippen molar-refractivity contribution in [3.05, 3.63) is 72.2 Å². The molecule has 1 amide bonds. The Morgan fingerprint density at radius 2 is 1.72 bits per heavy atom. The number of hydrogen-bond donors (Lipinski definition) is 1. The van der Waals surface area contributed by atoms with Gasteiger partial charge in [-0.25, -0.2) is 8.42 Å². The number of carbonyl (C=O) groups is 1. The van der Waals surface area contributed by atoms with Crippen LogP contribution in [0.5, 0.6) is 11.5 Å². The average molecular weight is 413 g/mol. The molecule has 150 valence electrons. The van der Waals surface area contributed by atoms with E-state index < -0.39 is 15.7 Å². The van der Waals surface area contributed by atoms with E-state index in [1.807, 2.05) is 0 Å². The van der Waals surface area contributed by atoms with E-state index in [0.717, 1.165) is 6.42 Å². The van der Waals surface area contributed by atoms with E-state index in [2.05, 4.69) is 5.32 Å². The van der Waals surface area contributed by atoms with Crippen LogP contribution in [0.1, 0.15) is 22.5 Å². The smallest absolute Gasteiger partial charge is 0.291 e. The first-order valence-electron chi connectivity index (χ1n) is 9.08. The molecule has 1 aliphatic rings. The summed E-state index contributed by atoms with van der Waals surface area (Å²) in [6.07, 6.45) is 2.08. The Labute approximate surface area is 168 Å². The third kappa shape index (κ3) is 4.27. The second-order valence-electron chi connectivity index (χ2n) is 6.51. The van der Waals surface area contributed by atoms with Gasteiger partial charge in [0, 0.05) is 23.7 Å². The lowest BCUT2D eigenvalue weighted by atomic mass is 10.2. The molecule has 0 aliphatic carbocycles. The molecule has 4 rings (SSSR count). The molecule has 0 bridgehead atoms. The minimum Gasteiger partial charge on any atom is -0.490 e. The fraction of sp³-hybridized carbons (Fsp3) is 0.190. The van der Waals surface area contributed by atoms with Crippen molar-refractivity contribution in [2.24, 2.45) is 0 Å². The van der Waals surface area contributed by atoms with Gasteiger partial charge in [-0.05, 0) is 30.3 Å². The summed E-state index contributed by atoms with van der Waals surface area (Å²) in [6.45, 7) is 1.11. The van der Waals surface area contributed by atoms with Crippen LogP contribution in [0, 0.1) is 0 Å². The molecule has 1 aromatic heterocycles. The number of hydrogen-bond acceptors (Lipinski definition) is 6. The highest BCUT2D eigenvalue weighted by Crippen LogP contribution is 2.32. The van der Waals surface area contributed by atoms with Crippen molar-refractivity contribution >= 4 is 21.4 Å². The standard InChI is InChI=1S/C21H19NO6S/c23-21(22-16-7-8-18-19(13-16)27-11-4-10-26-18)20-15(9-12-28-20)14-29(24,25)17-5-2-1-3-6-17/h1-3,5-9,12-13H,4,10-11,14H2,(H,22,23).